The Hall–Kier alpha value is -1.06. The highest BCUT2D eigenvalue weighted by molar-refractivity contribution is 5.39. The quantitative estimate of drug-likeness (QED) is 0.604. The van der Waals surface area contributed by atoms with Crippen LogP contribution in [0.25, 0.3) is 0 Å². The third kappa shape index (κ3) is 1.57. The van der Waals surface area contributed by atoms with Crippen LogP contribution in [0.2, 0.25) is 0 Å². The Balaban J connectivity index is 3.07. The van der Waals surface area contributed by atoms with Crippen molar-refractivity contribution < 1.29 is 5.11 Å². The molecule has 3 heteroatoms. The third-order valence-corrected chi connectivity index (χ3v) is 2.00. The van der Waals surface area contributed by atoms with Crippen LogP contribution >= 0.6 is 0 Å². The van der Waals surface area contributed by atoms with Gasteiger partial charge in [-0.3, -0.25) is 0 Å². The molecule has 0 aliphatic heterocycles. The number of phenols is 1. The Morgan fingerprint density at radius 1 is 1.50 bits per heavy atom. The highest BCUT2D eigenvalue weighted by atomic mass is 16.3. The summed E-state index contributed by atoms with van der Waals surface area (Å²) in [6.07, 6.45) is 0. The fraction of sp³-hybridized carbons (Fsp3) is 0.333. The highest BCUT2D eigenvalue weighted by Gasteiger charge is 2.08. The first-order chi connectivity index (χ1) is 5.66. The van der Waals surface area contributed by atoms with Gasteiger partial charge in [-0.15, -0.1) is 0 Å². The van der Waals surface area contributed by atoms with Gasteiger partial charge in [0, 0.05) is 12.6 Å². The molecule has 3 nitrogen and oxygen atoms in total. The third-order valence-electron chi connectivity index (χ3n) is 2.00. The number of hydrogen-bond acceptors (Lipinski definition) is 3. The average molecular weight is 166 g/mol. The zero-order chi connectivity index (χ0) is 9.14. The van der Waals surface area contributed by atoms with Crippen LogP contribution in [0, 0.1) is 6.92 Å². The Labute approximate surface area is 72.0 Å². The van der Waals surface area contributed by atoms with Gasteiger partial charge < -0.3 is 16.6 Å². The van der Waals surface area contributed by atoms with Crippen LogP contribution in [0.3, 0.4) is 0 Å². The van der Waals surface area contributed by atoms with E-state index < -0.39 is 0 Å². The number of nitrogens with two attached hydrogens (primary N) is 2. The van der Waals surface area contributed by atoms with Gasteiger partial charge >= 0.3 is 0 Å². The molecule has 66 valence electrons. The predicted molar refractivity (Wildman–Crippen MR) is 48.8 cm³/mol. The Morgan fingerprint density at radius 2 is 2.17 bits per heavy atom. The molecule has 1 unspecified atom stereocenters. The first-order valence-corrected chi connectivity index (χ1v) is 3.91. The van der Waals surface area contributed by atoms with E-state index in [1.807, 2.05) is 13.0 Å². The summed E-state index contributed by atoms with van der Waals surface area (Å²) >= 11 is 0. The molecule has 0 saturated carbocycles. The van der Waals surface area contributed by atoms with Crippen molar-refractivity contribution in [2.24, 2.45) is 11.5 Å². The van der Waals surface area contributed by atoms with Gasteiger partial charge in [0.2, 0.25) is 0 Å². The summed E-state index contributed by atoms with van der Waals surface area (Å²) in [5, 5.41) is 9.35. The van der Waals surface area contributed by atoms with Crippen molar-refractivity contribution in [3.63, 3.8) is 0 Å². The number of benzene rings is 1. The van der Waals surface area contributed by atoms with Crippen molar-refractivity contribution >= 4 is 0 Å². The minimum absolute atomic E-state index is 0.183. The molecule has 0 bridgehead atoms. The molecule has 1 rings (SSSR count). The lowest BCUT2D eigenvalue weighted by Crippen LogP contribution is -2.21. The van der Waals surface area contributed by atoms with Gasteiger partial charge in [-0.25, -0.2) is 0 Å². The minimum Gasteiger partial charge on any atom is -0.508 e. The van der Waals surface area contributed by atoms with Crippen molar-refractivity contribution in [1.29, 1.82) is 0 Å². The summed E-state index contributed by atoms with van der Waals surface area (Å²) in [7, 11) is 0. The maximum Gasteiger partial charge on any atom is 0.118 e. The van der Waals surface area contributed by atoms with E-state index in [-0.39, 0.29) is 11.8 Å². The molecule has 0 amide bonds. The maximum atomic E-state index is 9.35. The first-order valence-electron chi connectivity index (χ1n) is 3.91. The number of hydrogen-bond donors (Lipinski definition) is 3. The molecule has 12 heavy (non-hydrogen) atoms. The molecule has 1 atom stereocenters. The molecule has 0 fully saturated rings. The smallest absolute Gasteiger partial charge is 0.118 e. The summed E-state index contributed by atoms with van der Waals surface area (Å²) in [5.41, 5.74) is 12.9. The second kappa shape index (κ2) is 3.56. The largest absolute Gasteiger partial charge is 0.508 e. The Morgan fingerprint density at radius 3 is 2.75 bits per heavy atom. The van der Waals surface area contributed by atoms with Crippen LogP contribution < -0.4 is 11.5 Å². The average Bonchev–Trinajstić information content (AvgIpc) is 2.08. The molecule has 0 aromatic heterocycles. The summed E-state index contributed by atoms with van der Waals surface area (Å²) < 4.78 is 0. The number of phenolic OH excluding ortho intramolecular Hbond substituents is 1. The second-order valence-corrected chi connectivity index (χ2v) is 2.83. The molecule has 0 aliphatic rings. The van der Waals surface area contributed by atoms with Gasteiger partial charge in [-0.05, 0) is 24.1 Å². The van der Waals surface area contributed by atoms with Crippen LogP contribution in [0.5, 0.6) is 5.75 Å². The molecule has 1 aromatic carbocycles. The van der Waals surface area contributed by atoms with Gasteiger partial charge in [-0.2, -0.15) is 0 Å². The van der Waals surface area contributed by atoms with E-state index in [0.29, 0.717) is 6.54 Å². The SMILES string of the molecule is Cc1c(O)cccc1C(N)CN. The van der Waals surface area contributed by atoms with Gasteiger partial charge in [0.1, 0.15) is 5.75 Å². The van der Waals surface area contributed by atoms with E-state index in [4.69, 9.17) is 11.5 Å². The monoisotopic (exact) mass is 166 g/mol. The zero-order valence-corrected chi connectivity index (χ0v) is 7.12. The van der Waals surface area contributed by atoms with Crippen molar-refractivity contribution in [2.45, 2.75) is 13.0 Å². The molecule has 0 radical (unpaired) electrons. The van der Waals surface area contributed by atoms with Crippen LogP contribution in [0.4, 0.5) is 0 Å². The molecule has 1 aromatic rings. The normalized spacial score (nSPS) is 12.9. The van der Waals surface area contributed by atoms with Crippen molar-refractivity contribution in [1.82, 2.24) is 0 Å². The molecule has 0 heterocycles. The molecule has 5 N–H and O–H groups in total. The molecular weight excluding hydrogens is 152 g/mol. The molecular formula is C9H14N2O. The van der Waals surface area contributed by atoms with Gasteiger partial charge in [0.25, 0.3) is 0 Å². The van der Waals surface area contributed by atoms with E-state index in [1.54, 1.807) is 12.1 Å². The number of aromatic hydroxyl groups is 1. The lowest BCUT2D eigenvalue weighted by molar-refractivity contribution is 0.469. The second-order valence-electron chi connectivity index (χ2n) is 2.83. The lowest BCUT2D eigenvalue weighted by atomic mass is 10.0. The van der Waals surface area contributed by atoms with E-state index in [0.717, 1.165) is 11.1 Å². The number of rotatable bonds is 2. The first kappa shape index (κ1) is 9.03. The Bertz CT molecular complexity index is 273. The zero-order valence-electron chi connectivity index (χ0n) is 7.12. The van der Waals surface area contributed by atoms with Crippen molar-refractivity contribution in [3.8, 4) is 5.75 Å². The standard InChI is InChI=1S/C9H14N2O/c1-6-7(8(11)5-10)3-2-4-9(6)12/h2-4,8,12H,5,10-11H2,1H3. The lowest BCUT2D eigenvalue weighted by Gasteiger charge is -2.12. The Kier molecular flexibility index (Phi) is 2.68. The molecule has 0 spiro atoms. The van der Waals surface area contributed by atoms with Crippen molar-refractivity contribution in [2.75, 3.05) is 6.54 Å². The van der Waals surface area contributed by atoms with E-state index >= 15 is 0 Å². The van der Waals surface area contributed by atoms with Gasteiger partial charge in [-0.1, -0.05) is 12.1 Å². The minimum atomic E-state index is -0.183. The predicted octanol–water partition coefficient (Wildman–Crippen LogP) is 0.659. The van der Waals surface area contributed by atoms with Crippen LogP contribution in [-0.2, 0) is 0 Å². The van der Waals surface area contributed by atoms with Crippen LogP contribution in [0.15, 0.2) is 18.2 Å². The van der Waals surface area contributed by atoms with E-state index in [1.165, 1.54) is 0 Å². The van der Waals surface area contributed by atoms with Gasteiger partial charge in [0.05, 0.1) is 0 Å². The summed E-state index contributed by atoms with van der Waals surface area (Å²) in [6.45, 7) is 2.23. The van der Waals surface area contributed by atoms with E-state index in [2.05, 4.69) is 0 Å². The van der Waals surface area contributed by atoms with Crippen LogP contribution in [-0.4, -0.2) is 11.7 Å². The highest BCUT2D eigenvalue weighted by Crippen LogP contribution is 2.22. The summed E-state index contributed by atoms with van der Waals surface area (Å²) in [5.74, 6) is 0.274. The fourth-order valence-corrected chi connectivity index (χ4v) is 1.17. The van der Waals surface area contributed by atoms with Crippen LogP contribution in [0.1, 0.15) is 17.2 Å². The maximum absolute atomic E-state index is 9.35. The molecule has 0 aliphatic carbocycles. The fourth-order valence-electron chi connectivity index (χ4n) is 1.17. The topological polar surface area (TPSA) is 72.3 Å². The van der Waals surface area contributed by atoms with Gasteiger partial charge in [0.15, 0.2) is 0 Å². The van der Waals surface area contributed by atoms with Crippen molar-refractivity contribution in [3.05, 3.63) is 29.3 Å². The summed E-state index contributed by atoms with van der Waals surface area (Å²) in [6, 6.07) is 5.11. The summed E-state index contributed by atoms with van der Waals surface area (Å²) in [4.78, 5) is 0. The van der Waals surface area contributed by atoms with E-state index in [9.17, 15) is 5.11 Å². The molecule has 0 saturated heterocycles.